The number of allylic oxidation sites excluding steroid dienone is 1. The van der Waals surface area contributed by atoms with Crippen molar-refractivity contribution in [3.8, 4) is 17.0 Å². The van der Waals surface area contributed by atoms with Crippen LogP contribution >= 0.6 is 15.9 Å². The Morgan fingerprint density at radius 3 is 2.89 bits per heavy atom. The molecule has 0 aliphatic carbocycles. The third-order valence-corrected chi connectivity index (χ3v) is 3.63. The summed E-state index contributed by atoms with van der Waals surface area (Å²) in [7, 11) is 1.64. The number of hydrogen-bond acceptors (Lipinski definition) is 3. The summed E-state index contributed by atoms with van der Waals surface area (Å²) in [5.74, 6) is 2.27. The van der Waals surface area contributed by atoms with E-state index in [2.05, 4.69) is 27.5 Å². The normalized spacial score (nSPS) is 10.5. The number of benzene rings is 1. The molecule has 2 N–H and O–H groups in total. The molecule has 1 aromatic heterocycles. The third-order valence-electron chi connectivity index (χ3n) is 2.94. The van der Waals surface area contributed by atoms with Crippen molar-refractivity contribution >= 4 is 21.7 Å². The third kappa shape index (κ3) is 2.51. The van der Waals surface area contributed by atoms with Gasteiger partial charge in [-0.3, -0.25) is 0 Å². The number of hydrogen-bond donors (Lipinski definition) is 1. The summed E-state index contributed by atoms with van der Waals surface area (Å²) in [5, 5.41) is 0. The summed E-state index contributed by atoms with van der Waals surface area (Å²) in [6, 6.07) is 5.73. The molecular weight excluding hydrogens is 306 g/mol. The average Bonchev–Trinajstić information content (AvgIpc) is 2.68. The standard InChI is InChI=1S/C14H16BrN3O/c1-4-7-18-9(2)17-13(14(18)16)11-8-10(19-3)5-6-12(11)15/h4-6,8H,1,7,16H2,2-3H3. The van der Waals surface area contributed by atoms with E-state index in [1.807, 2.05) is 29.7 Å². The van der Waals surface area contributed by atoms with Crippen LogP contribution in [0.15, 0.2) is 35.3 Å². The fourth-order valence-electron chi connectivity index (χ4n) is 1.95. The summed E-state index contributed by atoms with van der Waals surface area (Å²) >= 11 is 3.52. The second kappa shape index (κ2) is 5.48. The first kappa shape index (κ1) is 13.7. The van der Waals surface area contributed by atoms with Crippen molar-refractivity contribution in [3.63, 3.8) is 0 Å². The van der Waals surface area contributed by atoms with E-state index < -0.39 is 0 Å². The molecule has 1 heterocycles. The fourth-order valence-corrected chi connectivity index (χ4v) is 2.39. The number of nitrogen functional groups attached to an aromatic ring is 1. The van der Waals surface area contributed by atoms with Crippen LogP contribution in [0.5, 0.6) is 5.75 Å². The van der Waals surface area contributed by atoms with Gasteiger partial charge in [0.15, 0.2) is 0 Å². The van der Waals surface area contributed by atoms with Crippen LogP contribution in [0, 0.1) is 6.92 Å². The lowest BCUT2D eigenvalue weighted by Crippen LogP contribution is -2.03. The molecule has 0 saturated heterocycles. The molecule has 0 aliphatic heterocycles. The van der Waals surface area contributed by atoms with Crippen LogP contribution in [-0.2, 0) is 6.54 Å². The Morgan fingerprint density at radius 2 is 2.26 bits per heavy atom. The zero-order valence-corrected chi connectivity index (χ0v) is 12.6. The van der Waals surface area contributed by atoms with Crippen molar-refractivity contribution in [2.45, 2.75) is 13.5 Å². The Morgan fingerprint density at radius 1 is 1.53 bits per heavy atom. The summed E-state index contributed by atoms with van der Waals surface area (Å²) in [6.45, 7) is 6.30. The highest BCUT2D eigenvalue weighted by molar-refractivity contribution is 9.10. The number of aromatic nitrogens is 2. The molecule has 0 saturated carbocycles. The van der Waals surface area contributed by atoms with E-state index in [1.165, 1.54) is 0 Å². The SMILES string of the molecule is C=CCn1c(C)nc(-c2cc(OC)ccc2Br)c1N. The average molecular weight is 322 g/mol. The van der Waals surface area contributed by atoms with Crippen molar-refractivity contribution in [3.05, 3.63) is 41.2 Å². The van der Waals surface area contributed by atoms with E-state index in [0.717, 1.165) is 27.3 Å². The van der Waals surface area contributed by atoms with Gasteiger partial charge >= 0.3 is 0 Å². The second-order valence-corrected chi connectivity index (χ2v) is 4.99. The molecule has 5 heteroatoms. The largest absolute Gasteiger partial charge is 0.497 e. The molecule has 1 aromatic carbocycles. The van der Waals surface area contributed by atoms with Gasteiger partial charge in [-0.1, -0.05) is 22.0 Å². The first-order valence-corrected chi connectivity index (χ1v) is 6.65. The quantitative estimate of drug-likeness (QED) is 0.878. The Balaban J connectivity index is 2.59. The number of rotatable bonds is 4. The van der Waals surface area contributed by atoms with Gasteiger partial charge in [0.1, 0.15) is 23.1 Å². The molecule has 0 spiro atoms. The Labute approximate surface area is 121 Å². The summed E-state index contributed by atoms with van der Waals surface area (Å²) in [4.78, 5) is 4.54. The van der Waals surface area contributed by atoms with Crippen molar-refractivity contribution in [1.82, 2.24) is 9.55 Å². The minimum atomic E-state index is 0.631. The molecular formula is C14H16BrN3O. The van der Waals surface area contributed by atoms with Crippen LogP contribution in [-0.4, -0.2) is 16.7 Å². The maximum atomic E-state index is 6.17. The molecule has 2 aromatic rings. The highest BCUT2D eigenvalue weighted by Gasteiger charge is 2.15. The minimum Gasteiger partial charge on any atom is -0.497 e. The predicted octanol–water partition coefficient (Wildman–Crippen LogP) is 3.40. The molecule has 0 bridgehead atoms. The van der Waals surface area contributed by atoms with Gasteiger partial charge in [0.05, 0.1) is 7.11 Å². The Hall–Kier alpha value is -1.75. The van der Waals surface area contributed by atoms with Crippen LogP contribution in [0.4, 0.5) is 5.82 Å². The van der Waals surface area contributed by atoms with Gasteiger partial charge in [0.2, 0.25) is 0 Å². The van der Waals surface area contributed by atoms with Crippen LogP contribution in [0.25, 0.3) is 11.3 Å². The van der Waals surface area contributed by atoms with Gasteiger partial charge in [-0.2, -0.15) is 0 Å². The number of ether oxygens (including phenoxy) is 1. The number of aryl methyl sites for hydroxylation is 1. The predicted molar refractivity (Wildman–Crippen MR) is 81.3 cm³/mol. The number of nitrogens with two attached hydrogens (primary N) is 1. The first-order valence-electron chi connectivity index (χ1n) is 5.86. The zero-order valence-electron chi connectivity index (χ0n) is 11.0. The Bertz CT molecular complexity index is 619. The minimum absolute atomic E-state index is 0.631. The number of imidazole rings is 1. The van der Waals surface area contributed by atoms with Crippen LogP contribution in [0.1, 0.15) is 5.82 Å². The van der Waals surface area contributed by atoms with E-state index in [4.69, 9.17) is 10.5 Å². The molecule has 0 unspecified atom stereocenters. The molecule has 0 fully saturated rings. The summed E-state index contributed by atoms with van der Waals surface area (Å²) in [6.07, 6.45) is 1.80. The van der Waals surface area contributed by atoms with Gasteiger partial charge in [-0.05, 0) is 25.1 Å². The maximum Gasteiger partial charge on any atom is 0.132 e. The van der Waals surface area contributed by atoms with Crippen molar-refractivity contribution < 1.29 is 4.74 Å². The lowest BCUT2D eigenvalue weighted by Gasteiger charge is -2.07. The monoisotopic (exact) mass is 321 g/mol. The number of methoxy groups -OCH3 is 1. The highest BCUT2D eigenvalue weighted by atomic mass is 79.9. The topological polar surface area (TPSA) is 53.1 Å². The Kier molecular flexibility index (Phi) is 3.95. The van der Waals surface area contributed by atoms with E-state index in [0.29, 0.717) is 12.4 Å². The fraction of sp³-hybridized carbons (Fsp3) is 0.214. The van der Waals surface area contributed by atoms with Crippen LogP contribution < -0.4 is 10.5 Å². The zero-order chi connectivity index (χ0) is 14.0. The highest BCUT2D eigenvalue weighted by Crippen LogP contribution is 2.34. The van der Waals surface area contributed by atoms with Gasteiger partial charge < -0.3 is 15.0 Å². The van der Waals surface area contributed by atoms with Crippen LogP contribution in [0.2, 0.25) is 0 Å². The van der Waals surface area contributed by atoms with Crippen LogP contribution in [0.3, 0.4) is 0 Å². The molecule has 4 nitrogen and oxygen atoms in total. The molecule has 0 amide bonds. The van der Waals surface area contributed by atoms with Crippen molar-refractivity contribution in [2.24, 2.45) is 0 Å². The molecule has 19 heavy (non-hydrogen) atoms. The van der Waals surface area contributed by atoms with Gasteiger partial charge in [-0.15, -0.1) is 6.58 Å². The van der Waals surface area contributed by atoms with Gasteiger partial charge in [0.25, 0.3) is 0 Å². The smallest absolute Gasteiger partial charge is 0.132 e. The molecule has 0 radical (unpaired) electrons. The van der Waals surface area contributed by atoms with Gasteiger partial charge in [0, 0.05) is 16.6 Å². The number of nitrogens with zero attached hydrogens (tertiary/aromatic N) is 2. The molecule has 0 aliphatic rings. The molecule has 0 atom stereocenters. The summed E-state index contributed by atoms with van der Waals surface area (Å²) < 4.78 is 8.10. The van der Waals surface area contributed by atoms with E-state index in [1.54, 1.807) is 13.2 Å². The van der Waals surface area contributed by atoms with E-state index >= 15 is 0 Å². The lowest BCUT2D eigenvalue weighted by molar-refractivity contribution is 0.415. The van der Waals surface area contributed by atoms with Crippen molar-refractivity contribution in [1.29, 1.82) is 0 Å². The molecule has 2 rings (SSSR count). The summed E-state index contributed by atoms with van der Waals surface area (Å²) in [5.41, 5.74) is 7.85. The first-order chi connectivity index (χ1) is 9.08. The molecule has 100 valence electrons. The number of anilines is 1. The lowest BCUT2D eigenvalue weighted by atomic mass is 10.1. The van der Waals surface area contributed by atoms with Gasteiger partial charge in [-0.25, -0.2) is 4.98 Å². The maximum absolute atomic E-state index is 6.17. The van der Waals surface area contributed by atoms with E-state index in [9.17, 15) is 0 Å². The van der Waals surface area contributed by atoms with Crippen molar-refractivity contribution in [2.75, 3.05) is 12.8 Å². The van der Waals surface area contributed by atoms with E-state index in [-0.39, 0.29) is 0 Å². The second-order valence-electron chi connectivity index (χ2n) is 4.14. The number of halogens is 1.